The van der Waals surface area contributed by atoms with E-state index in [0.29, 0.717) is 17.4 Å². The predicted molar refractivity (Wildman–Crippen MR) is 83.5 cm³/mol. The summed E-state index contributed by atoms with van der Waals surface area (Å²) in [6.45, 7) is 19.3. The molecule has 19 heavy (non-hydrogen) atoms. The minimum atomic E-state index is -0.0276. The molecule has 0 aromatic heterocycles. The maximum absolute atomic E-state index is 6.28. The van der Waals surface area contributed by atoms with Crippen LogP contribution in [-0.2, 0) is 4.74 Å². The minimum Gasteiger partial charge on any atom is -0.369 e. The highest BCUT2D eigenvalue weighted by Gasteiger charge is 2.49. The summed E-state index contributed by atoms with van der Waals surface area (Å²) in [5, 5.41) is 3.78. The third-order valence-electron chi connectivity index (χ3n) is 4.12. The summed E-state index contributed by atoms with van der Waals surface area (Å²) in [5.74, 6) is 0.591. The summed E-state index contributed by atoms with van der Waals surface area (Å²) >= 11 is 0. The Labute approximate surface area is 120 Å². The molecule has 0 spiro atoms. The van der Waals surface area contributed by atoms with Crippen LogP contribution in [0.1, 0.15) is 74.7 Å². The quantitative estimate of drug-likeness (QED) is 0.799. The highest BCUT2D eigenvalue weighted by atomic mass is 16.5. The number of rotatable bonds is 5. The van der Waals surface area contributed by atoms with Gasteiger partial charge in [0.15, 0.2) is 0 Å². The molecule has 2 unspecified atom stereocenters. The summed E-state index contributed by atoms with van der Waals surface area (Å²) in [6, 6.07) is 0.553. The zero-order valence-electron chi connectivity index (χ0n) is 14.4. The first kappa shape index (κ1) is 17.0. The van der Waals surface area contributed by atoms with Crippen LogP contribution in [0.2, 0.25) is 0 Å². The van der Waals surface area contributed by atoms with Gasteiger partial charge >= 0.3 is 0 Å². The van der Waals surface area contributed by atoms with Crippen molar-refractivity contribution < 1.29 is 4.74 Å². The van der Waals surface area contributed by atoms with E-state index >= 15 is 0 Å². The normalized spacial score (nSPS) is 27.5. The number of hydrogen-bond donors (Lipinski definition) is 1. The van der Waals surface area contributed by atoms with Gasteiger partial charge in [0.1, 0.15) is 0 Å². The molecule has 2 atom stereocenters. The van der Waals surface area contributed by atoms with E-state index in [9.17, 15) is 0 Å². The van der Waals surface area contributed by atoms with Gasteiger partial charge in [0.2, 0.25) is 0 Å². The molecule has 0 aromatic carbocycles. The lowest BCUT2D eigenvalue weighted by molar-refractivity contribution is -0.0786. The van der Waals surface area contributed by atoms with Crippen molar-refractivity contribution in [3.8, 4) is 0 Å². The van der Waals surface area contributed by atoms with Crippen LogP contribution in [0.5, 0.6) is 0 Å². The average Bonchev–Trinajstić information content (AvgIpc) is 2.39. The Morgan fingerprint density at radius 2 is 1.79 bits per heavy atom. The van der Waals surface area contributed by atoms with Crippen molar-refractivity contribution >= 4 is 0 Å². The Balaban J connectivity index is 2.84. The Kier molecular flexibility index (Phi) is 5.12. The van der Waals surface area contributed by atoms with Crippen LogP contribution in [0.15, 0.2) is 0 Å². The summed E-state index contributed by atoms with van der Waals surface area (Å²) in [6.07, 6.45) is 3.55. The fourth-order valence-electron chi connectivity index (χ4n) is 3.58. The lowest BCUT2D eigenvalue weighted by atomic mass is 9.75. The largest absolute Gasteiger partial charge is 0.369 e. The zero-order valence-corrected chi connectivity index (χ0v) is 14.4. The topological polar surface area (TPSA) is 21.3 Å². The monoisotopic (exact) mass is 269 g/mol. The second-order valence-corrected chi connectivity index (χ2v) is 8.60. The highest BCUT2D eigenvalue weighted by molar-refractivity contribution is 5.00. The van der Waals surface area contributed by atoms with Crippen LogP contribution >= 0.6 is 0 Å². The second kappa shape index (κ2) is 5.73. The van der Waals surface area contributed by atoms with E-state index in [0.717, 1.165) is 13.0 Å². The number of ether oxygens (including phenoxy) is 1. The zero-order chi connectivity index (χ0) is 14.9. The van der Waals surface area contributed by atoms with Crippen molar-refractivity contribution in [2.24, 2.45) is 11.3 Å². The van der Waals surface area contributed by atoms with Gasteiger partial charge in [0, 0.05) is 12.0 Å². The molecule has 114 valence electrons. The van der Waals surface area contributed by atoms with Crippen molar-refractivity contribution in [1.82, 2.24) is 5.32 Å². The molecule has 1 aliphatic heterocycles. The number of hydrogen-bond acceptors (Lipinski definition) is 2. The molecule has 0 bridgehead atoms. The molecular formula is C17H35NO. The molecule has 1 rings (SSSR count). The lowest BCUT2D eigenvalue weighted by Crippen LogP contribution is -2.46. The van der Waals surface area contributed by atoms with Crippen molar-refractivity contribution in [3.05, 3.63) is 0 Å². The van der Waals surface area contributed by atoms with Crippen LogP contribution in [0.4, 0.5) is 0 Å². The van der Waals surface area contributed by atoms with Gasteiger partial charge in [0.05, 0.1) is 11.2 Å². The molecule has 0 amide bonds. The highest BCUT2D eigenvalue weighted by Crippen LogP contribution is 2.45. The molecular weight excluding hydrogens is 234 g/mol. The molecule has 0 aliphatic carbocycles. The average molecular weight is 269 g/mol. The molecule has 1 aliphatic rings. The van der Waals surface area contributed by atoms with Crippen molar-refractivity contribution in [2.45, 2.75) is 91.9 Å². The molecule has 1 saturated heterocycles. The van der Waals surface area contributed by atoms with E-state index in [1.807, 2.05) is 0 Å². The second-order valence-electron chi connectivity index (χ2n) is 8.60. The van der Waals surface area contributed by atoms with Gasteiger partial charge in [-0.2, -0.15) is 0 Å². The van der Waals surface area contributed by atoms with Crippen molar-refractivity contribution in [1.29, 1.82) is 0 Å². The summed E-state index contributed by atoms with van der Waals surface area (Å²) in [7, 11) is 0. The van der Waals surface area contributed by atoms with Gasteiger partial charge in [-0.1, -0.05) is 27.7 Å². The standard InChI is InChI=1S/C17H35NO/c1-9-10-18-14(12-15(2,3)4)13-11-16(5,6)19-17(13,7)8/h13-14,18H,9-12H2,1-8H3. The SMILES string of the molecule is CCCNC(CC(C)(C)C)C1CC(C)(C)OC1(C)C. The van der Waals surface area contributed by atoms with Crippen LogP contribution in [0, 0.1) is 11.3 Å². The van der Waals surface area contributed by atoms with Crippen LogP contribution in [0.25, 0.3) is 0 Å². The number of nitrogens with one attached hydrogen (secondary N) is 1. The van der Waals surface area contributed by atoms with Crippen molar-refractivity contribution in [2.75, 3.05) is 6.54 Å². The fraction of sp³-hybridized carbons (Fsp3) is 1.00. The first-order valence-corrected chi connectivity index (χ1v) is 7.90. The molecule has 2 nitrogen and oxygen atoms in total. The van der Waals surface area contributed by atoms with Gasteiger partial charge in [-0.05, 0) is 58.9 Å². The van der Waals surface area contributed by atoms with E-state index in [-0.39, 0.29) is 11.2 Å². The van der Waals surface area contributed by atoms with E-state index < -0.39 is 0 Å². The van der Waals surface area contributed by atoms with Gasteiger partial charge in [0.25, 0.3) is 0 Å². The smallest absolute Gasteiger partial charge is 0.0677 e. The Morgan fingerprint density at radius 1 is 1.21 bits per heavy atom. The van der Waals surface area contributed by atoms with E-state index in [2.05, 4.69) is 60.7 Å². The molecule has 2 heteroatoms. The molecule has 0 saturated carbocycles. The molecule has 1 fully saturated rings. The Hall–Kier alpha value is -0.0800. The van der Waals surface area contributed by atoms with Crippen molar-refractivity contribution in [3.63, 3.8) is 0 Å². The molecule has 0 radical (unpaired) electrons. The molecule has 0 aromatic rings. The van der Waals surface area contributed by atoms with Crippen LogP contribution in [-0.4, -0.2) is 23.8 Å². The van der Waals surface area contributed by atoms with E-state index in [4.69, 9.17) is 4.74 Å². The first-order valence-electron chi connectivity index (χ1n) is 7.90. The summed E-state index contributed by atoms with van der Waals surface area (Å²) < 4.78 is 6.28. The van der Waals surface area contributed by atoms with Crippen LogP contribution < -0.4 is 5.32 Å². The van der Waals surface area contributed by atoms with E-state index in [1.54, 1.807) is 0 Å². The molecule has 1 heterocycles. The van der Waals surface area contributed by atoms with Gasteiger partial charge in [-0.25, -0.2) is 0 Å². The Morgan fingerprint density at radius 3 is 2.16 bits per heavy atom. The maximum Gasteiger partial charge on any atom is 0.0677 e. The summed E-state index contributed by atoms with van der Waals surface area (Å²) in [5.41, 5.74) is 0.340. The molecule has 1 N–H and O–H groups in total. The van der Waals surface area contributed by atoms with Gasteiger partial charge in [-0.3, -0.25) is 0 Å². The van der Waals surface area contributed by atoms with Gasteiger partial charge < -0.3 is 10.1 Å². The van der Waals surface area contributed by atoms with E-state index in [1.165, 1.54) is 12.8 Å². The van der Waals surface area contributed by atoms with Gasteiger partial charge in [-0.15, -0.1) is 0 Å². The fourth-order valence-corrected chi connectivity index (χ4v) is 3.58. The Bertz CT molecular complexity index is 288. The van der Waals surface area contributed by atoms with Crippen LogP contribution in [0.3, 0.4) is 0 Å². The third kappa shape index (κ3) is 5.07. The third-order valence-corrected chi connectivity index (χ3v) is 4.12. The first-order chi connectivity index (χ1) is 8.47. The summed E-state index contributed by atoms with van der Waals surface area (Å²) in [4.78, 5) is 0. The predicted octanol–water partition coefficient (Wildman–Crippen LogP) is 4.38. The minimum absolute atomic E-state index is 0.0121. The lowest BCUT2D eigenvalue weighted by Gasteiger charge is -2.37. The maximum atomic E-state index is 6.28.